The Morgan fingerprint density at radius 1 is 1.19 bits per heavy atom. The average molecular weight is 519 g/mol. The fourth-order valence-electron chi connectivity index (χ4n) is 4.27. The minimum absolute atomic E-state index is 0.0701. The highest BCUT2D eigenvalue weighted by atomic mass is 32.2. The van der Waals surface area contributed by atoms with Gasteiger partial charge in [0.1, 0.15) is 17.7 Å². The predicted molar refractivity (Wildman–Crippen MR) is 131 cm³/mol. The third-order valence-electron chi connectivity index (χ3n) is 6.51. The highest BCUT2D eigenvalue weighted by molar-refractivity contribution is 7.91. The van der Waals surface area contributed by atoms with Gasteiger partial charge >= 0.3 is 0 Å². The summed E-state index contributed by atoms with van der Waals surface area (Å²) in [6, 6.07) is 7.23. The lowest BCUT2D eigenvalue weighted by atomic mass is 10.0. The predicted octanol–water partition coefficient (Wildman–Crippen LogP) is 4.16. The van der Waals surface area contributed by atoms with Crippen LogP contribution < -0.4 is 14.4 Å². The number of nitrogens with one attached hydrogen (secondary N) is 1. The normalized spacial score (nSPS) is 20.6. The van der Waals surface area contributed by atoms with Crippen molar-refractivity contribution in [3.8, 4) is 5.75 Å². The lowest BCUT2D eigenvalue weighted by Crippen LogP contribution is -2.42. The van der Waals surface area contributed by atoms with E-state index in [0.29, 0.717) is 22.5 Å². The molecular formula is C25H28F2N4O4S. The Balaban J connectivity index is 1.50. The van der Waals surface area contributed by atoms with Crippen molar-refractivity contribution in [2.45, 2.75) is 63.1 Å². The second-order valence-corrected chi connectivity index (χ2v) is 12.8. The van der Waals surface area contributed by atoms with Crippen LogP contribution in [0.2, 0.25) is 0 Å². The molecule has 36 heavy (non-hydrogen) atoms. The first-order chi connectivity index (χ1) is 16.9. The standard InChI is InChI=1S/C25H28F2N4O4S/c1-25(2,3)36(33,34)29-24(32)20-13-28-31-9-8-17(12-22(20)31)30-14-16(27)11-21(30)19-10-15(26)4-7-23(19)35-18-5-6-18/h4,7-10,12-13,16,18,21H,5-6,11,14H2,1-3H3,(H,29,32). The zero-order valence-corrected chi connectivity index (χ0v) is 21.1. The molecule has 0 radical (unpaired) electrons. The van der Waals surface area contributed by atoms with Crippen LogP contribution >= 0.6 is 0 Å². The van der Waals surface area contributed by atoms with Crippen LogP contribution in [-0.4, -0.2) is 47.5 Å². The molecule has 1 amide bonds. The summed E-state index contributed by atoms with van der Waals surface area (Å²) >= 11 is 0. The number of pyridine rings is 1. The Bertz CT molecular complexity index is 1430. The maximum Gasteiger partial charge on any atom is 0.268 e. The van der Waals surface area contributed by atoms with Gasteiger partial charge in [0.2, 0.25) is 10.0 Å². The molecule has 1 aliphatic carbocycles. The zero-order chi connectivity index (χ0) is 25.8. The summed E-state index contributed by atoms with van der Waals surface area (Å²) in [6.07, 6.45) is 3.89. The van der Waals surface area contributed by atoms with E-state index in [9.17, 15) is 22.0 Å². The van der Waals surface area contributed by atoms with Crippen molar-refractivity contribution in [1.82, 2.24) is 14.3 Å². The van der Waals surface area contributed by atoms with Gasteiger partial charge < -0.3 is 9.64 Å². The van der Waals surface area contributed by atoms with Crippen molar-refractivity contribution in [2.75, 3.05) is 11.4 Å². The van der Waals surface area contributed by atoms with Gasteiger partial charge in [0.15, 0.2) is 0 Å². The average Bonchev–Trinajstić information content (AvgIpc) is 3.37. The number of hydrogen-bond acceptors (Lipinski definition) is 6. The largest absolute Gasteiger partial charge is 0.490 e. The molecule has 2 unspecified atom stereocenters. The van der Waals surface area contributed by atoms with E-state index in [4.69, 9.17) is 4.74 Å². The number of carbonyl (C=O) groups is 1. The highest BCUT2D eigenvalue weighted by Crippen LogP contribution is 2.43. The minimum Gasteiger partial charge on any atom is -0.490 e. The first-order valence-electron chi connectivity index (χ1n) is 11.8. The van der Waals surface area contributed by atoms with Gasteiger partial charge in [-0.15, -0.1) is 0 Å². The quantitative estimate of drug-likeness (QED) is 0.527. The number of anilines is 1. The maximum atomic E-state index is 14.7. The van der Waals surface area contributed by atoms with E-state index >= 15 is 0 Å². The van der Waals surface area contributed by atoms with Crippen molar-refractivity contribution in [2.24, 2.45) is 0 Å². The number of ether oxygens (including phenoxy) is 1. The molecule has 1 aliphatic heterocycles. The first kappa shape index (κ1) is 24.5. The molecule has 1 aromatic carbocycles. The van der Waals surface area contributed by atoms with Crippen LogP contribution in [-0.2, 0) is 10.0 Å². The lowest BCUT2D eigenvalue weighted by Gasteiger charge is -2.28. The number of aromatic nitrogens is 2. The van der Waals surface area contributed by atoms with Gasteiger partial charge in [-0.1, -0.05) is 0 Å². The van der Waals surface area contributed by atoms with Gasteiger partial charge in [-0.3, -0.25) is 4.79 Å². The second-order valence-electron chi connectivity index (χ2n) is 10.3. The van der Waals surface area contributed by atoms with Crippen LogP contribution in [0.15, 0.2) is 42.7 Å². The van der Waals surface area contributed by atoms with E-state index in [1.54, 1.807) is 24.4 Å². The number of halogens is 2. The SMILES string of the molecule is CC(C)(C)S(=O)(=O)NC(=O)c1cnn2ccc(N3CC(F)CC3c3cc(F)ccc3OC3CC3)cc12. The number of benzene rings is 1. The number of amides is 1. The van der Waals surface area contributed by atoms with Crippen LogP contribution in [0.4, 0.5) is 14.5 Å². The molecule has 8 nitrogen and oxygen atoms in total. The number of fused-ring (bicyclic) bond motifs is 1. The first-order valence-corrected chi connectivity index (χ1v) is 13.3. The monoisotopic (exact) mass is 518 g/mol. The number of nitrogens with zero attached hydrogens (tertiary/aromatic N) is 3. The summed E-state index contributed by atoms with van der Waals surface area (Å²) in [5.41, 5.74) is 1.61. The molecule has 3 aromatic rings. The third kappa shape index (κ3) is 4.63. The molecule has 1 N–H and O–H groups in total. The van der Waals surface area contributed by atoms with Crippen LogP contribution in [0.5, 0.6) is 5.75 Å². The van der Waals surface area contributed by atoms with Crippen molar-refractivity contribution >= 4 is 27.1 Å². The van der Waals surface area contributed by atoms with E-state index in [1.807, 2.05) is 4.90 Å². The van der Waals surface area contributed by atoms with Gasteiger partial charge in [-0.05, 0) is 63.9 Å². The summed E-state index contributed by atoms with van der Waals surface area (Å²) in [7, 11) is -3.93. The summed E-state index contributed by atoms with van der Waals surface area (Å²) in [5.74, 6) is -0.690. The van der Waals surface area contributed by atoms with E-state index in [1.165, 1.54) is 43.6 Å². The summed E-state index contributed by atoms with van der Waals surface area (Å²) in [5, 5.41) is 4.16. The van der Waals surface area contributed by atoms with Crippen LogP contribution in [0, 0.1) is 5.82 Å². The van der Waals surface area contributed by atoms with Gasteiger partial charge in [0, 0.05) is 30.4 Å². The topological polar surface area (TPSA) is 93.0 Å². The minimum atomic E-state index is -3.93. The molecule has 1 saturated carbocycles. The molecule has 0 spiro atoms. The zero-order valence-electron chi connectivity index (χ0n) is 20.2. The molecule has 0 bridgehead atoms. The Kier molecular flexibility index (Phi) is 5.93. The summed E-state index contributed by atoms with van der Waals surface area (Å²) < 4.78 is 62.3. The number of carbonyl (C=O) groups excluding carboxylic acids is 1. The molecular weight excluding hydrogens is 490 g/mol. The molecule has 5 rings (SSSR count). The van der Waals surface area contributed by atoms with E-state index < -0.39 is 38.7 Å². The summed E-state index contributed by atoms with van der Waals surface area (Å²) in [4.78, 5) is 14.7. The van der Waals surface area contributed by atoms with Gasteiger partial charge in [-0.2, -0.15) is 5.10 Å². The van der Waals surface area contributed by atoms with Crippen molar-refractivity contribution in [1.29, 1.82) is 0 Å². The lowest BCUT2D eigenvalue weighted by molar-refractivity contribution is 0.0982. The van der Waals surface area contributed by atoms with Gasteiger partial charge in [0.05, 0.1) is 34.2 Å². The Labute approximate surface area is 208 Å². The molecule has 192 valence electrons. The van der Waals surface area contributed by atoms with Crippen molar-refractivity contribution in [3.05, 3.63) is 59.7 Å². The van der Waals surface area contributed by atoms with Crippen LogP contribution in [0.25, 0.3) is 5.52 Å². The van der Waals surface area contributed by atoms with Crippen molar-refractivity contribution in [3.63, 3.8) is 0 Å². The fourth-order valence-corrected chi connectivity index (χ4v) is 4.93. The van der Waals surface area contributed by atoms with E-state index in [2.05, 4.69) is 9.82 Å². The third-order valence-corrected chi connectivity index (χ3v) is 8.58. The van der Waals surface area contributed by atoms with Crippen LogP contribution in [0.3, 0.4) is 0 Å². The van der Waals surface area contributed by atoms with Crippen LogP contribution in [0.1, 0.15) is 62.0 Å². The molecule has 1 saturated heterocycles. The summed E-state index contributed by atoms with van der Waals surface area (Å²) in [6.45, 7) is 4.55. The second kappa shape index (κ2) is 8.72. The number of hydrogen-bond donors (Lipinski definition) is 1. The number of sulfonamides is 1. The van der Waals surface area contributed by atoms with Gasteiger partial charge in [0.25, 0.3) is 5.91 Å². The Hall–Kier alpha value is -3.21. The fraction of sp³-hybridized carbons (Fsp3) is 0.440. The Morgan fingerprint density at radius 2 is 1.94 bits per heavy atom. The molecule has 2 fully saturated rings. The molecule has 2 aromatic heterocycles. The smallest absolute Gasteiger partial charge is 0.268 e. The maximum absolute atomic E-state index is 14.7. The van der Waals surface area contributed by atoms with E-state index in [-0.39, 0.29) is 24.6 Å². The van der Waals surface area contributed by atoms with Crippen molar-refractivity contribution < 1.29 is 26.7 Å². The van der Waals surface area contributed by atoms with E-state index in [0.717, 1.165) is 12.8 Å². The highest BCUT2D eigenvalue weighted by Gasteiger charge is 2.37. The number of alkyl halides is 1. The molecule has 3 heterocycles. The molecule has 2 atom stereocenters. The Morgan fingerprint density at radius 3 is 2.64 bits per heavy atom. The molecule has 2 aliphatic rings. The van der Waals surface area contributed by atoms with Gasteiger partial charge in [-0.25, -0.2) is 26.4 Å². The number of rotatable bonds is 6. The molecule has 11 heteroatoms.